The highest BCUT2D eigenvalue weighted by Crippen LogP contribution is 2.25. The van der Waals surface area contributed by atoms with Crippen LogP contribution in [-0.4, -0.2) is 32.4 Å². The average molecular weight is 323 g/mol. The van der Waals surface area contributed by atoms with E-state index in [1.54, 1.807) is 0 Å². The lowest BCUT2D eigenvalue weighted by molar-refractivity contribution is 0.258. The minimum Gasteiger partial charge on any atom is -0.330 e. The van der Waals surface area contributed by atoms with Crippen LogP contribution in [0.4, 0.5) is 4.39 Å². The Morgan fingerprint density at radius 1 is 1.40 bits per heavy atom. The van der Waals surface area contributed by atoms with Crippen LogP contribution in [0.5, 0.6) is 0 Å². The van der Waals surface area contributed by atoms with Gasteiger partial charge in [0.25, 0.3) is 0 Å². The van der Waals surface area contributed by atoms with Gasteiger partial charge in [-0.15, -0.1) is 12.4 Å². The van der Waals surface area contributed by atoms with Crippen LogP contribution < -0.4 is 5.73 Å². The van der Waals surface area contributed by atoms with Crippen molar-refractivity contribution in [2.75, 3.05) is 19.6 Å². The number of benzene rings is 1. The summed E-state index contributed by atoms with van der Waals surface area (Å²) in [6.45, 7) is 1.55. The zero-order valence-corrected chi connectivity index (χ0v) is 12.8. The van der Waals surface area contributed by atoms with Crippen LogP contribution >= 0.6 is 12.4 Å². The minimum absolute atomic E-state index is 0. The van der Waals surface area contributed by atoms with E-state index in [9.17, 15) is 12.8 Å². The first-order valence-electron chi connectivity index (χ1n) is 6.50. The third kappa shape index (κ3) is 3.91. The summed E-state index contributed by atoms with van der Waals surface area (Å²) >= 11 is 0. The first-order valence-corrected chi connectivity index (χ1v) is 7.94. The van der Waals surface area contributed by atoms with Gasteiger partial charge in [-0.2, -0.15) is 4.31 Å². The fourth-order valence-electron chi connectivity index (χ4n) is 2.49. The third-order valence-electron chi connectivity index (χ3n) is 3.49. The number of halogens is 2. The number of nitrogens with zero attached hydrogens (tertiary/aromatic N) is 1. The van der Waals surface area contributed by atoms with Crippen molar-refractivity contribution < 1.29 is 12.8 Å². The maximum absolute atomic E-state index is 13.2. The van der Waals surface area contributed by atoms with Gasteiger partial charge in [0.1, 0.15) is 5.82 Å². The van der Waals surface area contributed by atoms with Crippen molar-refractivity contribution in [2.24, 2.45) is 11.7 Å². The normalized spacial score (nSPS) is 20.4. The van der Waals surface area contributed by atoms with Gasteiger partial charge in [-0.25, -0.2) is 12.8 Å². The molecule has 2 rings (SSSR count). The summed E-state index contributed by atoms with van der Waals surface area (Å²) in [5.41, 5.74) is 5.53. The molecule has 1 aromatic carbocycles. The van der Waals surface area contributed by atoms with Gasteiger partial charge in [-0.3, -0.25) is 0 Å². The second kappa shape index (κ2) is 7.36. The fraction of sp³-hybridized carbons (Fsp3) is 0.538. The van der Waals surface area contributed by atoms with Gasteiger partial charge in [0.15, 0.2) is 0 Å². The maximum atomic E-state index is 13.2. The van der Waals surface area contributed by atoms with Gasteiger partial charge < -0.3 is 5.73 Å². The van der Waals surface area contributed by atoms with Gasteiger partial charge in [-0.05, 0) is 49.9 Å². The van der Waals surface area contributed by atoms with Crippen LogP contribution in [-0.2, 0) is 10.0 Å². The summed E-state index contributed by atoms with van der Waals surface area (Å²) in [5, 5.41) is 0. The molecule has 1 aliphatic rings. The van der Waals surface area contributed by atoms with E-state index in [1.807, 2.05) is 0 Å². The van der Waals surface area contributed by atoms with Gasteiger partial charge in [0.2, 0.25) is 10.0 Å². The van der Waals surface area contributed by atoms with Crippen molar-refractivity contribution in [3.8, 4) is 0 Å². The van der Waals surface area contributed by atoms with E-state index in [2.05, 4.69) is 0 Å². The highest BCUT2D eigenvalue weighted by Gasteiger charge is 2.29. The van der Waals surface area contributed by atoms with Crippen molar-refractivity contribution in [1.82, 2.24) is 4.31 Å². The van der Waals surface area contributed by atoms with Crippen LogP contribution in [0.3, 0.4) is 0 Å². The predicted octanol–water partition coefficient (Wildman–Crippen LogP) is 2.00. The third-order valence-corrected chi connectivity index (χ3v) is 5.35. The summed E-state index contributed by atoms with van der Waals surface area (Å²) in [7, 11) is -3.58. The maximum Gasteiger partial charge on any atom is 0.243 e. The van der Waals surface area contributed by atoms with E-state index in [-0.39, 0.29) is 17.3 Å². The van der Waals surface area contributed by atoms with E-state index in [4.69, 9.17) is 5.73 Å². The SMILES string of the molecule is Cl.NCCC1CCCN(S(=O)(=O)c2cccc(F)c2)C1. The molecule has 7 heteroatoms. The standard InChI is InChI=1S/C13H19FN2O2S.ClH/c14-12-4-1-5-13(9-12)19(17,18)16-8-2-3-11(10-16)6-7-15;/h1,4-5,9,11H,2-3,6-8,10,15H2;1H. The van der Waals surface area contributed by atoms with Crippen molar-refractivity contribution in [1.29, 1.82) is 0 Å². The molecule has 1 fully saturated rings. The molecular formula is C13H20ClFN2O2S. The molecule has 4 nitrogen and oxygen atoms in total. The van der Waals surface area contributed by atoms with Gasteiger partial charge >= 0.3 is 0 Å². The average Bonchev–Trinajstić information content (AvgIpc) is 2.39. The second-order valence-corrected chi connectivity index (χ2v) is 6.84. The monoisotopic (exact) mass is 322 g/mol. The molecule has 1 aromatic rings. The summed E-state index contributed by atoms with van der Waals surface area (Å²) in [6, 6.07) is 5.17. The quantitative estimate of drug-likeness (QED) is 0.922. The molecule has 1 atom stereocenters. The zero-order chi connectivity index (χ0) is 13.9. The van der Waals surface area contributed by atoms with E-state index >= 15 is 0 Å². The molecule has 0 radical (unpaired) electrons. The van der Waals surface area contributed by atoms with Gasteiger partial charge in [0.05, 0.1) is 4.90 Å². The summed E-state index contributed by atoms with van der Waals surface area (Å²) in [5.74, 6) is -0.223. The van der Waals surface area contributed by atoms with Crippen molar-refractivity contribution in [3.63, 3.8) is 0 Å². The van der Waals surface area contributed by atoms with Crippen molar-refractivity contribution >= 4 is 22.4 Å². The molecule has 114 valence electrons. The first-order chi connectivity index (χ1) is 9.04. The molecule has 1 saturated heterocycles. The number of hydrogen-bond donors (Lipinski definition) is 1. The summed E-state index contributed by atoms with van der Waals surface area (Å²) in [4.78, 5) is 0.0286. The molecule has 0 saturated carbocycles. The molecule has 20 heavy (non-hydrogen) atoms. The Morgan fingerprint density at radius 2 is 2.15 bits per heavy atom. The van der Waals surface area contributed by atoms with Crippen molar-refractivity contribution in [2.45, 2.75) is 24.2 Å². The highest BCUT2D eigenvalue weighted by molar-refractivity contribution is 7.89. The van der Waals surface area contributed by atoms with Gasteiger partial charge in [-0.1, -0.05) is 6.07 Å². The molecule has 1 aliphatic heterocycles. The van der Waals surface area contributed by atoms with E-state index in [0.29, 0.717) is 25.6 Å². The Morgan fingerprint density at radius 3 is 2.80 bits per heavy atom. The van der Waals surface area contributed by atoms with Crippen LogP contribution in [0.25, 0.3) is 0 Å². The predicted molar refractivity (Wildman–Crippen MR) is 78.8 cm³/mol. The lowest BCUT2D eigenvalue weighted by atomic mass is 9.96. The smallest absolute Gasteiger partial charge is 0.243 e. The zero-order valence-electron chi connectivity index (χ0n) is 11.2. The van der Waals surface area contributed by atoms with E-state index in [1.165, 1.54) is 22.5 Å². The number of piperidine rings is 1. The number of rotatable bonds is 4. The number of nitrogens with two attached hydrogens (primary N) is 1. The number of hydrogen-bond acceptors (Lipinski definition) is 3. The van der Waals surface area contributed by atoms with E-state index in [0.717, 1.165) is 25.3 Å². The highest BCUT2D eigenvalue weighted by atomic mass is 35.5. The molecule has 0 aliphatic carbocycles. The minimum atomic E-state index is -3.58. The molecular weight excluding hydrogens is 303 g/mol. The summed E-state index contributed by atoms with van der Waals surface area (Å²) in [6.07, 6.45) is 2.67. The molecule has 2 N–H and O–H groups in total. The van der Waals surface area contributed by atoms with Gasteiger partial charge in [0, 0.05) is 13.1 Å². The largest absolute Gasteiger partial charge is 0.330 e. The van der Waals surface area contributed by atoms with E-state index < -0.39 is 15.8 Å². The Hall–Kier alpha value is -0.690. The molecule has 1 unspecified atom stereocenters. The summed E-state index contributed by atoms with van der Waals surface area (Å²) < 4.78 is 39.4. The Bertz CT molecular complexity index is 537. The fourth-order valence-corrected chi connectivity index (χ4v) is 4.08. The lowest BCUT2D eigenvalue weighted by Gasteiger charge is -2.31. The molecule has 0 aromatic heterocycles. The lowest BCUT2D eigenvalue weighted by Crippen LogP contribution is -2.40. The molecule has 0 bridgehead atoms. The Labute approximate surface area is 125 Å². The first kappa shape index (κ1) is 17.4. The van der Waals surface area contributed by atoms with Crippen LogP contribution in [0.15, 0.2) is 29.2 Å². The van der Waals surface area contributed by atoms with Crippen LogP contribution in [0.2, 0.25) is 0 Å². The van der Waals surface area contributed by atoms with Crippen LogP contribution in [0.1, 0.15) is 19.3 Å². The second-order valence-electron chi connectivity index (χ2n) is 4.91. The van der Waals surface area contributed by atoms with Crippen LogP contribution in [0, 0.1) is 11.7 Å². The molecule has 0 amide bonds. The Balaban J connectivity index is 0.00000200. The molecule has 0 spiro atoms. The Kier molecular flexibility index (Phi) is 6.39. The number of sulfonamides is 1. The van der Waals surface area contributed by atoms with Crippen molar-refractivity contribution in [3.05, 3.63) is 30.1 Å². The molecule has 1 heterocycles. The topological polar surface area (TPSA) is 63.4 Å².